The molecule has 2 aliphatic rings. The van der Waals surface area contributed by atoms with Gasteiger partial charge >= 0.3 is 0 Å². The minimum Gasteiger partial charge on any atom is -0.437 e. The van der Waals surface area contributed by atoms with Gasteiger partial charge < -0.3 is 19.8 Å². The van der Waals surface area contributed by atoms with Crippen LogP contribution in [0.15, 0.2) is 30.6 Å². The van der Waals surface area contributed by atoms with E-state index in [-0.39, 0.29) is 41.0 Å². The molecule has 0 spiro atoms. The minimum atomic E-state index is -3.00. The fraction of sp³-hybridized carbons (Fsp3) is 0.417. The molecule has 0 bridgehead atoms. The van der Waals surface area contributed by atoms with Gasteiger partial charge in [-0.1, -0.05) is 6.07 Å². The van der Waals surface area contributed by atoms with Crippen LogP contribution in [0, 0.1) is 0 Å². The van der Waals surface area contributed by atoms with Crippen molar-refractivity contribution in [2.45, 2.75) is 51.0 Å². The number of fused-ring (bicyclic) bond motifs is 2. The maximum atomic E-state index is 12.9. The average Bonchev–Trinajstić information content (AvgIpc) is 3.39. The number of sulfone groups is 1. The first-order valence-electron chi connectivity index (χ1n) is 11.4. The van der Waals surface area contributed by atoms with E-state index in [1.165, 1.54) is 11.8 Å². The molecule has 1 aliphatic carbocycles. The number of aromatic nitrogens is 3. The Bertz CT molecular complexity index is 1370. The second-order valence-electron chi connectivity index (χ2n) is 9.11. The molecule has 2 N–H and O–H groups in total. The summed E-state index contributed by atoms with van der Waals surface area (Å²) in [6.45, 7) is 1.62. The van der Waals surface area contributed by atoms with E-state index in [9.17, 15) is 18.0 Å². The molecular weight excluding hydrogens is 456 g/mol. The fourth-order valence-electron chi connectivity index (χ4n) is 4.80. The number of nitrogens with zero attached hydrogens (tertiary/aromatic N) is 2. The molecule has 9 nitrogen and oxygen atoms in total. The van der Waals surface area contributed by atoms with Crippen molar-refractivity contribution in [1.82, 2.24) is 20.3 Å². The monoisotopic (exact) mass is 482 g/mol. The molecule has 0 saturated carbocycles. The van der Waals surface area contributed by atoms with Crippen LogP contribution in [-0.4, -0.2) is 52.6 Å². The highest BCUT2D eigenvalue weighted by molar-refractivity contribution is 7.91. The Hall–Kier alpha value is -3.27. The third-order valence-electron chi connectivity index (χ3n) is 6.57. The van der Waals surface area contributed by atoms with Crippen molar-refractivity contribution in [2.75, 3.05) is 11.5 Å². The highest BCUT2D eigenvalue weighted by Crippen LogP contribution is 2.38. The van der Waals surface area contributed by atoms with Crippen LogP contribution in [0.25, 0.3) is 11.2 Å². The largest absolute Gasteiger partial charge is 0.437 e. The van der Waals surface area contributed by atoms with Crippen molar-refractivity contribution in [3.8, 4) is 11.6 Å². The molecule has 178 valence electrons. The van der Waals surface area contributed by atoms with Gasteiger partial charge in [0.05, 0.1) is 23.3 Å². The number of carbonyl (C=O) groups is 2. The van der Waals surface area contributed by atoms with Crippen molar-refractivity contribution in [1.29, 1.82) is 0 Å². The summed E-state index contributed by atoms with van der Waals surface area (Å²) in [6, 6.07) is 5.67. The third kappa shape index (κ3) is 4.68. The van der Waals surface area contributed by atoms with Crippen molar-refractivity contribution in [3.05, 3.63) is 47.3 Å². The third-order valence-corrected chi connectivity index (χ3v) is 8.28. The van der Waals surface area contributed by atoms with Crippen molar-refractivity contribution in [3.63, 3.8) is 0 Å². The summed E-state index contributed by atoms with van der Waals surface area (Å²) in [6.07, 6.45) is 6.28. The lowest BCUT2D eigenvalue weighted by molar-refractivity contribution is -0.117. The Kier molecular flexibility index (Phi) is 5.85. The number of ketones is 1. The van der Waals surface area contributed by atoms with Crippen LogP contribution in [0.1, 0.15) is 60.0 Å². The number of aryl methyl sites for hydroxylation is 1. The van der Waals surface area contributed by atoms with Gasteiger partial charge in [-0.3, -0.25) is 4.79 Å². The molecule has 1 aliphatic heterocycles. The number of Topliss-reactive ketones (excluding diaryl/α,β-unsaturated/α-hetero) is 1. The highest BCUT2D eigenvalue weighted by Gasteiger charge is 2.27. The molecule has 0 radical (unpaired) electrons. The van der Waals surface area contributed by atoms with Gasteiger partial charge in [-0.15, -0.1) is 0 Å². The maximum absolute atomic E-state index is 12.9. The van der Waals surface area contributed by atoms with E-state index in [1.807, 2.05) is 18.2 Å². The second kappa shape index (κ2) is 8.83. The number of ether oxygens (including phenoxy) is 1. The lowest BCUT2D eigenvalue weighted by atomic mass is 9.96. The number of amides is 1. The Labute approximate surface area is 197 Å². The lowest BCUT2D eigenvalue weighted by Crippen LogP contribution is -2.40. The minimum absolute atomic E-state index is 0.0810. The molecule has 1 atom stereocenters. The molecule has 1 amide bonds. The number of rotatable bonds is 6. The van der Waals surface area contributed by atoms with Gasteiger partial charge in [-0.05, 0) is 61.8 Å². The zero-order valence-electron chi connectivity index (χ0n) is 18.8. The summed E-state index contributed by atoms with van der Waals surface area (Å²) in [5.74, 6) is 1.08. The molecule has 10 heteroatoms. The summed E-state index contributed by atoms with van der Waals surface area (Å²) in [7, 11) is -3.00. The molecule has 1 aromatic carbocycles. The zero-order valence-corrected chi connectivity index (χ0v) is 19.7. The Morgan fingerprint density at radius 2 is 2.00 bits per heavy atom. The first-order chi connectivity index (χ1) is 16.3. The van der Waals surface area contributed by atoms with Gasteiger partial charge in [-0.2, -0.15) is 0 Å². The SMILES string of the molecule is CC(=O)C[C@@H]1CCc2ccc(Oc3cnc4[nH]cc(C(=O)NC5CCS(=O)(=O)CC5)c4n3)cc21. The number of carbonyl (C=O) groups excluding carboxylic acids is 2. The summed E-state index contributed by atoms with van der Waals surface area (Å²) >= 11 is 0. The number of aromatic amines is 1. The summed E-state index contributed by atoms with van der Waals surface area (Å²) < 4.78 is 29.2. The molecule has 34 heavy (non-hydrogen) atoms. The van der Waals surface area contributed by atoms with Crippen LogP contribution in [-0.2, 0) is 21.1 Å². The van der Waals surface area contributed by atoms with E-state index < -0.39 is 9.84 Å². The first-order valence-corrected chi connectivity index (χ1v) is 13.2. The molecule has 1 saturated heterocycles. The van der Waals surface area contributed by atoms with Gasteiger partial charge in [0.25, 0.3) is 5.91 Å². The number of nitrogens with one attached hydrogen (secondary N) is 2. The van der Waals surface area contributed by atoms with E-state index in [1.54, 1.807) is 13.1 Å². The molecule has 3 heterocycles. The summed E-state index contributed by atoms with van der Waals surface area (Å²) in [4.78, 5) is 36.2. The first kappa shape index (κ1) is 22.5. The van der Waals surface area contributed by atoms with Crippen LogP contribution in [0.5, 0.6) is 11.6 Å². The van der Waals surface area contributed by atoms with Gasteiger partial charge in [-0.25, -0.2) is 18.4 Å². The Morgan fingerprint density at radius 3 is 2.76 bits per heavy atom. The van der Waals surface area contributed by atoms with Crippen LogP contribution >= 0.6 is 0 Å². The molecule has 5 rings (SSSR count). The predicted molar refractivity (Wildman–Crippen MR) is 126 cm³/mol. The van der Waals surface area contributed by atoms with Gasteiger partial charge in [0.15, 0.2) is 5.65 Å². The zero-order chi connectivity index (χ0) is 23.9. The van der Waals surface area contributed by atoms with Crippen LogP contribution in [0.3, 0.4) is 0 Å². The predicted octanol–water partition coefficient (Wildman–Crippen LogP) is 3.07. The Balaban J connectivity index is 1.34. The topological polar surface area (TPSA) is 131 Å². The molecule has 0 unspecified atom stereocenters. The van der Waals surface area contributed by atoms with Gasteiger partial charge in [0.2, 0.25) is 5.88 Å². The van der Waals surface area contributed by atoms with E-state index in [0.717, 1.165) is 18.4 Å². The second-order valence-corrected chi connectivity index (χ2v) is 11.4. The standard InChI is InChI=1S/C24H26N4O5S/c1-14(29)10-16-3-2-15-4-5-18(11-19(15)16)33-21-13-26-23-22(28-21)20(12-25-23)24(30)27-17-6-8-34(31,32)9-7-17/h4-5,11-13,16-17H,2-3,6-10H2,1H3,(H,25,26)(H,27,30)/t16-/m0/s1. The number of hydrogen-bond acceptors (Lipinski definition) is 7. The van der Waals surface area contributed by atoms with Crippen LogP contribution in [0.4, 0.5) is 0 Å². The Morgan fingerprint density at radius 1 is 1.21 bits per heavy atom. The van der Waals surface area contributed by atoms with Crippen LogP contribution < -0.4 is 10.1 Å². The van der Waals surface area contributed by atoms with Gasteiger partial charge in [0, 0.05) is 18.7 Å². The average molecular weight is 483 g/mol. The summed E-state index contributed by atoms with van der Waals surface area (Å²) in [5.41, 5.74) is 3.54. The number of benzene rings is 1. The smallest absolute Gasteiger partial charge is 0.255 e. The fourth-order valence-corrected chi connectivity index (χ4v) is 6.30. The highest BCUT2D eigenvalue weighted by atomic mass is 32.2. The van der Waals surface area contributed by atoms with Crippen molar-refractivity contribution in [2.24, 2.45) is 0 Å². The van der Waals surface area contributed by atoms with Crippen LogP contribution in [0.2, 0.25) is 0 Å². The van der Waals surface area contributed by atoms with E-state index >= 15 is 0 Å². The number of hydrogen-bond donors (Lipinski definition) is 2. The van der Waals surface area contributed by atoms with Gasteiger partial charge in [0.1, 0.15) is 26.9 Å². The molecule has 2 aromatic heterocycles. The van der Waals surface area contributed by atoms with Crippen molar-refractivity contribution >= 4 is 32.7 Å². The summed E-state index contributed by atoms with van der Waals surface area (Å²) in [5, 5.41) is 2.91. The molecule has 1 fully saturated rings. The molecule has 3 aromatic rings. The molecular formula is C24H26N4O5S. The van der Waals surface area contributed by atoms with Crippen molar-refractivity contribution < 1.29 is 22.7 Å². The normalized spacial score (nSPS) is 19.6. The van der Waals surface area contributed by atoms with E-state index in [2.05, 4.69) is 20.3 Å². The number of H-pyrrole nitrogens is 1. The maximum Gasteiger partial charge on any atom is 0.255 e. The lowest BCUT2D eigenvalue weighted by Gasteiger charge is -2.22. The quantitative estimate of drug-likeness (QED) is 0.552. The van der Waals surface area contributed by atoms with E-state index in [4.69, 9.17) is 4.74 Å². The van der Waals surface area contributed by atoms with E-state index in [0.29, 0.717) is 41.7 Å².